The molecule has 3 rings (SSSR count). The van der Waals surface area contributed by atoms with Gasteiger partial charge in [0.05, 0.1) is 0 Å². The number of anilines is 1. The first kappa shape index (κ1) is 9.66. The van der Waals surface area contributed by atoms with Gasteiger partial charge in [0.2, 0.25) is 11.8 Å². The molecular weight excluding hydrogens is 228 g/mol. The van der Waals surface area contributed by atoms with Gasteiger partial charge in [-0.2, -0.15) is 0 Å². The Kier molecular flexibility index (Phi) is 1.80. The van der Waals surface area contributed by atoms with Crippen LogP contribution >= 0.6 is 11.6 Å². The van der Waals surface area contributed by atoms with Gasteiger partial charge in [-0.1, -0.05) is 11.6 Å². The van der Waals surface area contributed by atoms with E-state index in [-0.39, 0.29) is 18.2 Å². The normalized spacial score (nSPS) is 26.8. The molecule has 0 aromatic heterocycles. The fraction of sp³-hybridized carbons (Fsp3) is 0.273. The first-order valence-electron chi connectivity index (χ1n) is 5.00. The summed E-state index contributed by atoms with van der Waals surface area (Å²) in [6, 6.07) is 5.26. The van der Waals surface area contributed by atoms with E-state index in [0.717, 1.165) is 11.3 Å². The fourth-order valence-electron chi connectivity index (χ4n) is 2.39. The van der Waals surface area contributed by atoms with Crippen LogP contribution in [-0.2, 0) is 15.0 Å². The molecule has 2 amide bonds. The predicted octanol–water partition coefficient (Wildman–Crippen LogP) is 1.05. The Labute approximate surface area is 97.0 Å². The third-order valence-electron chi connectivity index (χ3n) is 3.23. The number of carbonyl (C=O) groups is 2. The van der Waals surface area contributed by atoms with Crippen LogP contribution in [0.3, 0.4) is 0 Å². The molecule has 0 bridgehead atoms. The Morgan fingerprint density at radius 3 is 2.81 bits per heavy atom. The number of carbonyl (C=O) groups excluding carboxylic acids is 2. The molecule has 0 aliphatic carbocycles. The van der Waals surface area contributed by atoms with E-state index in [1.165, 1.54) is 0 Å². The van der Waals surface area contributed by atoms with Gasteiger partial charge >= 0.3 is 0 Å². The number of amides is 2. The minimum Gasteiger partial charge on any atom is -0.355 e. The van der Waals surface area contributed by atoms with Crippen LogP contribution in [0, 0.1) is 0 Å². The van der Waals surface area contributed by atoms with E-state index < -0.39 is 5.41 Å². The average Bonchev–Trinajstić information content (AvgIpc) is 2.74. The first-order valence-corrected chi connectivity index (χ1v) is 5.38. The van der Waals surface area contributed by atoms with Gasteiger partial charge in [-0.15, -0.1) is 0 Å². The Morgan fingerprint density at radius 2 is 2.12 bits per heavy atom. The van der Waals surface area contributed by atoms with Gasteiger partial charge in [0, 0.05) is 23.7 Å². The van der Waals surface area contributed by atoms with Crippen molar-refractivity contribution in [2.45, 2.75) is 11.8 Å². The Morgan fingerprint density at radius 1 is 1.31 bits per heavy atom. The van der Waals surface area contributed by atoms with Crippen LogP contribution in [0.1, 0.15) is 12.0 Å². The molecule has 1 fully saturated rings. The monoisotopic (exact) mass is 236 g/mol. The van der Waals surface area contributed by atoms with Gasteiger partial charge < -0.3 is 10.6 Å². The van der Waals surface area contributed by atoms with Crippen molar-refractivity contribution in [2.75, 3.05) is 11.9 Å². The SMILES string of the molecule is O=C1CC2(CN1)C(=O)Nc1ccc(Cl)cc12. The molecule has 5 heteroatoms. The molecule has 1 unspecified atom stereocenters. The standard InChI is InChI=1S/C11H9ClN2O2/c12-6-1-2-8-7(3-6)11(10(16)14-8)4-9(15)13-5-11/h1-3H,4-5H2,(H,13,15)(H,14,16). The van der Waals surface area contributed by atoms with Crippen molar-refractivity contribution in [3.63, 3.8) is 0 Å². The summed E-state index contributed by atoms with van der Waals surface area (Å²) in [7, 11) is 0. The van der Waals surface area contributed by atoms with E-state index in [4.69, 9.17) is 11.6 Å². The molecule has 1 atom stereocenters. The van der Waals surface area contributed by atoms with Crippen molar-refractivity contribution in [1.29, 1.82) is 0 Å². The number of halogens is 1. The van der Waals surface area contributed by atoms with Crippen molar-refractivity contribution in [2.24, 2.45) is 0 Å². The Hall–Kier alpha value is -1.55. The van der Waals surface area contributed by atoms with Crippen LogP contribution in [0.15, 0.2) is 18.2 Å². The maximum Gasteiger partial charge on any atom is 0.237 e. The quantitative estimate of drug-likeness (QED) is 0.708. The lowest BCUT2D eigenvalue weighted by Crippen LogP contribution is -2.36. The second-order valence-electron chi connectivity index (χ2n) is 4.18. The van der Waals surface area contributed by atoms with Gasteiger partial charge in [-0.3, -0.25) is 9.59 Å². The second kappa shape index (κ2) is 2.98. The van der Waals surface area contributed by atoms with Gasteiger partial charge in [0.15, 0.2) is 0 Å². The maximum atomic E-state index is 12.0. The van der Waals surface area contributed by atoms with E-state index in [9.17, 15) is 9.59 Å². The average molecular weight is 237 g/mol. The number of hydrogen-bond acceptors (Lipinski definition) is 2. The number of benzene rings is 1. The highest BCUT2D eigenvalue weighted by atomic mass is 35.5. The van der Waals surface area contributed by atoms with E-state index in [0.29, 0.717) is 11.6 Å². The topological polar surface area (TPSA) is 58.2 Å². The van der Waals surface area contributed by atoms with Crippen LogP contribution in [0.5, 0.6) is 0 Å². The number of fused-ring (bicyclic) bond motifs is 2. The molecule has 2 aliphatic heterocycles. The molecule has 2 aliphatic rings. The summed E-state index contributed by atoms with van der Waals surface area (Å²) in [5.41, 5.74) is 0.825. The van der Waals surface area contributed by atoms with E-state index in [1.807, 2.05) is 0 Å². The minimum absolute atomic E-state index is 0.0945. The zero-order valence-corrected chi connectivity index (χ0v) is 9.10. The van der Waals surface area contributed by atoms with Crippen molar-refractivity contribution in [3.8, 4) is 0 Å². The molecule has 1 spiro atoms. The van der Waals surface area contributed by atoms with Gasteiger partial charge in [-0.05, 0) is 23.8 Å². The molecule has 4 nitrogen and oxygen atoms in total. The zero-order chi connectivity index (χ0) is 11.3. The molecule has 0 radical (unpaired) electrons. The molecule has 16 heavy (non-hydrogen) atoms. The summed E-state index contributed by atoms with van der Waals surface area (Å²) in [5, 5.41) is 6.07. The molecule has 82 valence electrons. The second-order valence-corrected chi connectivity index (χ2v) is 4.62. The summed E-state index contributed by atoms with van der Waals surface area (Å²) in [6.45, 7) is 0.352. The van der Waals surface area contributed by atoms with Crippen LogP contribution in [0.2, 0.25) is 5.02 Å². The minimum atomic E-state index is -0.753. The summed E-state index contributed by atoms with van der Waals surface area (Å²) in [6.07, 6.45) is 0.201. The van der Waals surface area contributed by atoms with Gasteiger partial charge in [0.1, 0.15) is 5.41 Å². The Balaban J connectivity index is 2.18. The Bertz CT molecular complexity index is 515. The summed E-state index contributed by atoms with van der Waals surface area (Å²) in [5.74, 6) is -0.217. The van der Waals surface area contributed by atoms with Crippen molar-refractivity contribution in [1.82, 2.24) is 5.32 Å². The molecule has 2 heterocycles. The van der Waals surface area contributed by atoms with E-state index in [2.05, 4.69) is 10.6 Å². The summed E-state index contributed by atoms with van der Waals surface area (Å²) in [4.78, 5) is 23.3. The molecule has 2 N–H and O–H groups in total. The zero-order valence-electron chi connectivity index (χ0n) is 8.34. The van der Waals surface area contributed by atoms with Gasteiger partial charge in [0.25, 0.3) is 0 Å². The van der Waals surface area contributed by atoms with Crippen LogP contribution in [0.25, 0.3) is 0 Å². The third-order valence-corrected chi connectivity index (χ3v) is 3.46. The summed E-state index contributed by atoms with van der Waals surface area (Å²) >= 11 is 5.92. The molecule has 1 aromatic carbocycles. The molecule has 0 saturated carbocycles. The van der Waals surface area contributed by atoms with Gasteiger partial charge in [-0.25, -0.2) is 0 Å². The number of rotatable bonds is 0. The molecule has 1 aromatic rings. The predicted molar refractivity (Wildman–Crippen MR) is 59.4 cm³/mol. The van der Waals surface area contributed by atoms with Crippen LogP contribution < -0.4 is 10.6 Å². The highest BCUT2D eigenvalue weighted by molar-refractivity contribution is 6.31. The van der Waals surface area contributed by atoms with Crippen molar-refractivity contribution < 1.29 is 9.59 Å². The van der Waals surface area contributed by atoms with Crippen LogP contribution in [0.4, 0.5) is 5.69 Å². The third kappa shape index (κ3) is 1.10. The first-order chi connectivity index (χ1) is 7.62. The fourth-order valence-corrected chi connectivity index (χ4v) is 2.56. The van der Waals surface area contributed by atoms with Crippen molar-refractivity contribution >= 4 is 29.1 Å². The highest BCUT2D eigenvalue weighted by Crippen LogP contribution is 2.43. The largest absolute Gasteiger partial charge is 0.355 e. The lowest BCUT2D eigenvalue weighted by molar-refractivity contribution is -0.123. The highest BCUT2D eigenvalue weighted by Gasteiger charge is 2.51. The lowest BCUT2D eigenvalue weighted by atomic mass is 9.81. The smallest absolute Gasteiger partial charge is 0.237 e. The number of hydrogen-bond donors (Lipinski definition) is 2. The van der Waals surface area contributed by atoms with Crippen LogP contribution in [-0.4, -0.2) is 18.4 Å². The lowest BCUT2D eigenvalue weighted by Gasteiger charge is -2.18. The molecular formula is C11H9ClN2O2. The number of nitrogens with one attached hydrogen (secondary N) is 2. The van der Waals surface area contributed by atoms with E-state index in [1.54, 1.807) is 18.2 Å². The van der Waals surface area contributed by atoms with E-state index >= 15 is 0 Å². The maximum absolute atomic E-state index is 12.0. The van der Waals surface area contributed by atoms with Crippen molar-refractivity contribution in [3.05, 3.63) is 28.8 Å². The summed E-state index contributed by atoms with van der Waals surface area (Å²) < 4.78 is 0. The molecule has 1 saturated heterocycles.